The Bertz CT molecular complexity index is 1400. The molecule has 1 aliphatic rings. The van der Waals surface area contributed by atoms with E-state index in [0.29, 0.717) is 10.6 Å². The van der Waals surface area contributed by atoms with Gasteiger partial charge < -0.3 is 15.2 Å². The van der Waals surface area contributed by atoms with E-state index in [1.165, 1.54) is 25.3 Å². The van der Waals surface area contributed by atoms with Gasteiger partial charge in [-0.3, -0.25) is 19.1 Å². The number of anilines is 1. The SMILES string of the molecule is COC(=O)c1cc(NC(=O)Cn2c(O)c(C=C3C(C)=Nc4ccccc43)sc2=O)ccc1Cl. The van der Waals surface area contributed by atoms with Crippen molar-refractivity contribution in [1.82, 2.24) is 4.57 Å². The van der Waals surface area contributed by atoms with Crippen LogP contribution in [-0.2, 0) is 16.1 Å². The lowest BCUT2D eigenvalue weighted by atomic mass is 10.0. The predicted molar refractivity (Wildman–Crippen MR) is 129 cm³/mol. The number of methoxy groups -OCH3 is 1. The van der Waals surface area contributed by atoms with Crippen LogP contribution in [0.15, 0.2) is 52.3 Å². The molecule has 0 atom stereocenters. The van der Waals surface area contributed by atoms with Crippen molar-refractivity contribution in [3.8, 4) is 5.88 Å². The highest BCUT2D eigenvalue weighted by Gasteiger charge is 2.21. The number of hydrogen-bond donors (Lipinski definition) is 2. The van der Waals surface area contributed by atoms with Crippen molar-refractivity contribution < 1.29 is 19.4 Å². The molecule has 4 rings (SSSR count). The van der Waals surface area contributed by atoms with Crippen LogP contribution in [0.4, 0.5) is 11.4 Å². The van der Waals surface area contributed by atoms with Crippen LogP contribution in [0.3, 0.4) is 0 Å². The molecule has 1 aliphatic heterocycles. The fraction of sp³-hybridized carbons (Fsp3) is 0.130. The quantitative estimate of drug-likeness (QED) is 0.524. The Morgan fingerprint density at radius 2 is 2.03 bits per heavy atom. The second-order valence-corrected chi connectivity index (χ2v) is 8.55. The number of carbonyl (C=O) groups is 2. The van der Waals surface area contributed by atoms with E-state index >= 15 is 0 Å². The first-order valence-electron chi connectivity index (χ1n) is 9.75. The second kappa shape index (κ2) is 9.05. The molecule has 0 fully saturated rings. The van der Waals surface area contributed by atoms with Crippen molar-refractivity contribution in [3.05, 3.63) is 73.2 Å². The number of allylic oxidation sites excluding steroid dienone is 1. The molecular weight excluding hydrogens is 466 g/mol. The third-order valence-corrected chi connectivity index (χ3v) is 6.24. The zero-order chi connectivity index (χ0) is 23.7. The van der Waals surface area contributed by atoms with Crippen LogP contribution < -0.4 is 10.2 Å². The minimum Gasteiger partial charge on any atom is -0.493 e. The number of fused-ring (bicyclic) bond motifs is 1. The molecular formula is C23H18ClN3O5S. The van der Waals surface area contributed by atoms with Crippen molar-refractivity contribution in [1.29, 1.82) is 0 Å². The summed E-state index contributed by atoms with van der Waals surface area (Å²) in [6.45, 7) is 1.44. The summed E-state index contributed by atoms with van der Waals surface area (Å²) >= 11 is 6.82. The number of nitrogens with zero attached hydrogens (tertiary/aromatic N) is 2. The lowest BCUT2D eigenvalue weighted by Gasteiger charge is -2.09. The zero-order valence-electron chi connectivity index (χ0n) is 17.6. The first-order chi connectivity index (χ1) is 15.8. The minimum absolute atomic E-state index is 0.0929. The van der Waals surface area contributed by atoms with Gasteiger partial charge in [0, 0.05) is 22.5 Å². The average molecular weight is 484 g/mol. The van der Waals surface area contributed by atoms with Crippen LogP contribution >= 0.6 is 22.9 Å². The largest absolute Gasteiger partial charge is 0.493 e. The number of benzene rings is 2. The Balaban J connectivity index is 1.56. The van der Waals surface area contributed by atoms with Crippen molar-refractivity contribution in [2.24, 2.45) is 4.99 Å². The van der Waals surface area contributed by atoms with Crippen LogP contribution in [0.25, 0.3) is 11.6 Å². The lowest BCUT2D eigenvalue weighted by Crippen LogP contribution is -2.24. The molecule has 0 saturated heterocycles. The minimum atomic E-state index is -0.646. The number of rotatable bonds is 5. The highest BCUT2D eigenvalue weighted by atomic mass is 35.5. The number of esters is 1. The van der Waals surface area contributed by atoms with Gasteiger partial charge in [0.15, 0.2) is 0 Å². The van der Waals surface area contributed by atoms with Crippen molar-refractivity contribution in [3.63, 3.8) is 0 Å². The number of amides is 1. The molecule has 2 aromatic carbocycles. The number of halogens is 1. The van der Waals surface area contributed by atoms with E-state index in [9.17, 15) is 19.5 Å². The fourth-order valence-corrected chi connectivity index (χ4v) is 4.43. The first kappa shape index (κ1) is 22.5. The Labute approximate surface area is 197 Å². The van der Waals surface area contributed by atoms with Crippen molar-refractivity contribution in [2.45, 2.75) is 13.5 Å². The summed E-state index contributed by atoms with van der Waals surface area (Å²) in [5, 5.41) is 13.4. The van der Waals surface area contributed by atoms with E-state index in [-0.39, 0.29) is 16.5 Å². The number of aromatic hydroxyl groups is 1. The van der Waals surface area contributed by atoms with Gasteiger partial charge in [0.25, 0.3) is 0 Å². The molecule has 1 amide bonds. The summed E-state index contributed by atoms with van der Waals surface area (Å²) in [6.07, 6.45) is 1.70. The molecule has 2 heterocycles. The normalized spacial score (nSPS) is 13.5. The van der Waals surface area contributed by atoms with Crippen LogP contribution in [0.5, 0.6) is 5.88 Å². The van der Waals surface area contributed by atoms with E-state index in [1.54, 1.807) is 6.08 Å². The summed E-state index contributed by atoms with van der Waals surface area (Å²) < 4.78 is 5.65. The summed E-state index contributed by atoms with van der Waals surface area (Å²) in [6, 6.07) is 11.9. The van der Waals surface area contributed by atoms with Gasteiger partial charge in [-0.1, -0.05) is 41.1 Å². The molecule has 1 aromatic heterocycles. The molecule has 0 unspecified atom stereocenters. The molecule has 0 bridgehead atoms. The summed E-state index contributed by atoms with van der Waals surface area (Å²) in [5.41, 5.74) is 3.68. The number of carbonyl (C=O) groups excluding carboxylic acids is 2. The zero-order valence-corrected chi connectivity index (χ0v) is 19.2. The van der Waals surface area contributed by atoms with Gasteiger partial charge in [-0.25, -0.2) is 4.79 Å². The third kappa shape index (κ3) is 4.46. The number of aliphatic imine (C=N–C) groups is 1. The Hall–Kier alpha value is -3.69. The predicted octanol–water partition coefficient (Wildman–Crippen LogP) is 4.34. The Morgan fingerprint density at radius 1 is 1.27 bits per heavy atom. The van der Waals surface area contributed by atoms with Crippen LogP contribution in [0.1, 0.15) is 27.7 Å². The molecule has 0 spiro atoms. The highest BCUT2D eigenvalue weighted by molar-refractivity contribution is 7.10. The summed E-state index contributed by atoms with van der Waals surface area (Å²) in [5.74, 6) is -1.52. The maximum Gasteiger partial charge on any atom is 0.339 e. The molecule has 2 N–H and O–H groups in total. The molecule has 0 saturated carbocycles. The number of ether oxygens (including phenoxy) is 1. The van der Waals surface area contributed by atoms with E-state index in [4.69, 9.17) is 11.6 Å². The molecule has 0 aliphatic carbocycles. The molecule has 33 heavy (non-hydrogen) atoms. The van der Waals surface area contributed by atoms with Crippen molar-refractivity contribution >= 4 is 63.5 Å². The standard InChI is InChI=1S/C23H18ClN3O5S/c1-12-15(14-5-3-4-6-18(14)25-12)10-19-21(29)27(23(31)33-19)11-20(28)26-13-7-8-17(24)16(9-13)22(30)32-2/h3-10,29H,11H2,1-2H3,(H,26,28). The maximum absolute atomic E-state index is 12.5. The van der Waals surface area contributed by atoms with Gasteiger partial charge in [0.05, 0.1) is 28.3 Å². The fourth-order valence-electron chi connectivity index (χ4n) is 3.41. The van der Waals surface area contributed by atoms with Gasteiger partial charge in [0.1, 0.15) is 6.54 Å². The number of thiazole rings is 1. The monoisotopic (exact) mass is 483 g/mol. The van der Waals surface area contributed by atoms with Crippen LogP contribution in [0.2, 0.25) is 5.02 Å². The maximum atomic E-state index is 12.5. The summed E-state index contributed by atoms with van der Waals surface area (Å²) in [4.78, 5) is 41.1. The van der Waals surface area contributed by atoms with E-state index in [1.807, 2.05) is 31.2 Å². The second-order valence-electron chi connectivity index (χ2n) is 7.15. The lowest BCUT2D eigenvalue weighted by molar-refractivity contribution is -0.116. The van der Waals surface area contributed by atoms with Gasteiger partial charge in [0.2, 0.25) is 11.8 Å². The molecule has 8 nitrogen and oxygen atoms in total. The number of nitrogens with one attached hydrogen (secondary N) is 1. The highest BCUT2D eigenvalue weighted by Crippen LogP contribution is 2.37. The third-order valence-electron chi connectivity index (χ3n) is 5.00. The molecule has 168 valence electrons. The average Bonchev–Trinajstić information content (AvgIpc) is 3.25. The van der Waals surface area contributed by atoms with Gasteiger partial charge in [-0.15, -0.1) is 0 Å². The van der Waals surface area contributed by atoms with Gasteiger partial charge in [-0.05, 0) is 37.3 Å². The van der Waals surface area contributed by atoms with Crippen LogP contribution in [0, 0.1) is 0 Å². The Morgan fingerprint density at radius 3 is 2.79 bits per heavy atom. The number of aromatic nitrogens is 1. The van der Waals surface area contributed by atoms with E-state index in [2.05, 4.69) is 15.0 Å². The van der Waals surface area contributed by atoms with Gasteiger partial charge in [-0.2, -0.15) is 0 Å². The Kier molecular flexibility index (Phi) is 6.17. The topological polar surface area (TPSA) is 110 Å². The van der Waals surface area contributed by atoms with E-state index in [0.717, 1.165) is 38.4 Å². The molecule has 10 heteroatoms. The molecule has 0 radical (unpaired) electrons. The first-order valence-corrected chi connectivity index (χ1v) is 10.9. The van der Waals surface area contributed by atoms with Crippen molar-refractivity contribution in [2.75, 3.05) is 12.4 Å². The van der Waals surface area contributed by atoms with E-state index < -0.39 is 23.3 Å². The van der Waals surface area contributed by atoms with Gasteiger partial charge >= 0.3 is 10.8 Å². The smallest absolute Gasteiger partial charge is 0.339 e. The molecule has 3 aromatic rings. The van der Waals surface area contributed by atoms with Crippen LogP contribution in [-0.4, -0.2) is 34.4 Å². The summed E-state index contributed by atoms with van der Waals surface area (Å²) in [7, 11) is 1.22. The number of para-hydroxylation sites is 1. The number of hydrogen-bond acceptors (Lipinski definition) is 7.